The summed E-state index contributed by atoms with van der Waals surface area (Å²) in [6, 6.07) is 0. The third-order valence-electron chi connectivity index (χ3n) is 3.01. The van der Waals surface area contributed by atoms with Crippen LogP contribution in [0.4, 0.5) is 0 Å². The molecule has 0 aromatic heterocycles. The lowest BCUT2D eigenvalue weighted by molar-refractivity contribution is -0.141. The fourth-order valence-corrected chi connectivity index (χ4v) is 2.25. The molecule has 0 aliphatic heterocycles. The van der Waals surface area contributed by atoms with E-state index in [9.17, 15) is 4.79 Å². The van der Waals surface area contributed by atoms with E-state index in [0.717, 1.165) is 12.8 Å². The molecule has 0 saturated carbocycles. The molecule has 0 saturated heterocycles. The van der Waals surface area contributed by atoms with Crippen molar-refractivity contribution in [2.75, 3.05) is 0 Å². The molecule has 3 atom stereocenters. The van der Waals surface area contributed by atoms with Crippen LogP contribution in [0.25, 0.3) is 0 Å². The average Bonchev–Trinajstić information content (AvgIpc) is 2.39. The van der Waals surface area contributed by atoms with Crippen LogP contribution in [0, 0.1) is 17.8 Å². The van der Waals surface area contributed by atoms with Crippen LogP contribution in [0.1, 0.15) is 12.8 Å². The van der Waals surface area contributed by atoms with E-state index in [-0.39, 0.29) is 11.8 Å². The zero-order valence-electron chi connectivity index (χ0n) is 7.97. The van der Waals surface area contributed by atoms with E-state index in [2.05, 4.69) is 6.08 Å². The van der Waals surface area contributed by atoms with Gasteiger partial charge in [-0.25, -0.2) is 0 Å². The Balaban J connectivity index is 2.26. The summed E-state index contributed by atoms with van der Waals surface area (Å²) in [5, 5.41) is 9.09. The van der Waals surface area contributed by atoms with Gasteiger partial charge in [0.15, 0.2) is 0 Å². The van der Waals surface area contributed by atoms with Gasteiger partial charge in [-0.1, -0.05) is 36.5 Å². The standard InChI is InChI=1S/C12H14O2/c13-12(14)11-8-4-2-6-9-5-1-3-7-10(9)11/h1,3-5,7-11H,2,6H2,(H,13,14). The smallest absolute Gasteiger partial charge is 0.310 e. The third-order valence-corrected chi connectivity index (χ3v) is 3.01. The SMILES string of the molecule is O=C(O)C1C=CCCC2C=CC=CC21. The number of hydrogen-bond acceptors (Lipinski definition) is 1. The van der Waals surface area contributed by atoms with Gasteiger partial charge in [0.25, 0.3) is 0 Å². The number of carbonyl (C=O) groups is 1. The Hall–Kier alpha value is -1.31. The van der Waals surface area contributed by atoms with E-state index in [0.29, 0.717) is 5.92 Å². The highest BCUT2D eigenvalue weighted by Gasteiger charge is 2.31. The van der Waals surface area contributed by atoms with Crippen molar-refractivity contribution >= 4 is 5.97 Å². The Morgan fingerprint density at radius 2 is 2.00 bits per heavy atom. The van der Waals surface area contributed by atoms with Crippen molar-refractivity contribution in [2.45, 2.75) is 12.8 Å². The summed E-state index contributed by atoms with van der Waals surface area (Å²) in [6.07, 6.45) is 14.0. The molecule has 74 valence electrons. The molecule has 2 aliphatic carbocycles. The van der Waals surface area contributed by atoms with Gasteiger partial charge in [-0.15, -0.1) is 0 Å². The van der Waals surface area contributed by atoms with Gasteiger partial charge < -0.3 is 5.11 Å². The molecular weight excluding hydrogens is 176 g/mol. The molecular formula is C12H14O2. The normalized spacial score (nSPS) is 35.0. The molecule has 0 heterocycles. The third kappa shape index (κ3) is 1.65. The van der Waals surface area contributed by atoms with E-state index in [1.807, 2.05) is 30.4 Å². The van der Waals surface area contributed by atoms with Crippen molar-refractivity contribution in [2.24, 2.45) is 17.8 Å². The number of aliphatic carboxylic acids is 1. The van der Waals surface area contributed by atoms with Crippen LogP contribution in [-0.2, 0) is 4.79 Å². The number of allylic oxidation sites excluding steroid dienone is 5. The average molecular weight is 190 g/mol. The number of carboxylic acids is 1. The van der Waals surface area contributed by atoms with Gasteiger partial charge in [-0.05, 0) is 18.8 Å². The monoisotopic (exact) mass is 190 g/mol. The number of fused-ring (bicyclic) bond motifs is 1. The van der Waals surface area contributed by atoms with Crippen LogP contribution in [-0.4, -0.2) is 11.1 Å². The van der Waals surface area contributed by atoms with Gasteiger partial charge in [0.05, 0.1) is 5.92 Å². The first-order chi connectivity index (χ1) is 6.79. The molecule has 0 fully saturated rings. The second kappa shape index (κ2) is 3.82. The Morgan fingerprint density at radius 3 is 2.79 bits per heavy atom. The first-order valence-corrected chi connectivity index (χ1v) is 5.03. The number of rotatable bonds is 1. The lowest BCUT2D eigenvalue weighted by atomic mass is 9.78. The maximum atomic E-state index is 11.1. The molecule has 2 heteroatoms. The van der Waals surface area contributed by atoms with Gasteiger partial charge in [0.1, 0.15) is 0 Å². The van der Waals surface area contributed by atoms with Crippen LogP contribution in [0.3, 0.4) is 0 Å². The maximum absolute atomic E-state index is 11.1. The fourth-order valence-electron chi connectivity index (χ4n) is 2.25. The van der Waals surface area contributed by atoms with Crippen LogP contribution in [0.5, 0.6) is 0 Å². The zero-order chi connectivity index (χ0) is 9.97. The van der Waals surface area contributed by atoms with Crippen molar-refractivity contribution in [3.05, 3.63) is 36.5 Å². The molecule has 1 N–H and O–H groups in total. The Bertz CT molecular complexity index is 312. The van der Waals surface area contributed by atoms with E-state index < -0.39 is 5.97 Å². The van der Waals surface area contributed by atoms with Crippen molar-refractivity contribution in [3.8, 4) is 0 Å². The molecule has 0 aromatic carbocycles. The molecule has 2 aliphatic rings. The topological polar surface area (TPSA) is 37.3 Å². The van der Waals surface area contributed by atoms with E-state index >= 15 is 0 Å². The summed E-state index contributed by atoms with van der Waals surface area (Å²) in [5.41, 5.74) is 0. The molecule has 3 unspecified atom stereocenters. The van der Waals surface area contributed by atoms with E-state index in [4.69, 9.17) is 5.11 Å². The summed E-state index contributed by atoms with van der Waals surface area (Å²) in [4.78, 5) is 11.1. The summed E-state index contributed by atoms with van der Waals surface area (Å²) < 4.78 is 0. The highest BCUT2D eigenvalue weighted by Crippen LogP contribution is 2.34. The Kier molecular flexibility index (Phi) is 2.53. The summed E-state index contributed by atoms with van der Waals surface area (Å²) in [6.45, 7) is 0. The maximum Gasteiger partial charge on any atom is 0.310 e. The quantitative estimate of drug-likeness (QED) is 0.644. The second-order valence-corrected chi connectivity index (χ2v) is 3.88. The van der Waals surface area contributed by atoms with Gasteiger partial charge in [-0.3, -0.25) is 4.79 Å². The van der Waals surface area contributed by atoms with Gasteiger partial charge in [-0.2, -0.15) is 0 Å². The molecule has 0 aromatic rings. The molecule has 2 nitrogen and oxygen atoms in total. The minimum atomic E-state index is -0.710. The summed E-state index contributed by atoms with van der Waals surface area (Å²) in [5.74, 6) is -0.505. The van der Waals surface area contributed by atoms with Crippen molar-refractivity contribution in [1.82, 2.24) is 0 Å². The molecule has 0 amide bonds. The predicted molar refractivity (Wildman–Crippen MR) is 54.8 cm³/mol. The highest BCUT2D eigenvalue weighted by molar-refractivity contribution is 5.73. The minimum absolute atomic E-state index is 0.149. The van der Waals surface area contributed by atoms with E-state index in [1.54, 1.807) is 0 Å². The van der Waals surface area contributed by atoms with Gasteiger partial charge in [0, 0.05) is 5.92 Å². The van der Waals surface area contributed by atoms with Crippen molar-refractivity contribution < 1.29 is 9.90 Å². The van der Waals surface area contributed by atoms with Gasteiger partial charge in [0.2, 0.25) is 0 Å². The molecule has 14 heavy (non-hydrogen) atoms. The first-order valence-electron chi connectivity index (χ1n) is 5.03. The second-order valence-electron chi connectivity index (χ2n) is 3.88. The number of carboxylic acid groups (broad SMARTS) is 1. The lowest BCUT2D eigenvalue weighted by Gasteiger charge is -2.25. The van der Waals surface area contributed by atoms with Crippen LogP contribution in [0.2, 0.25) is 0 Å². The van der Waals surface area contributed by atoms with Crippen molar-refractivity contribution in [3.63, 3.8) is 0 Å². The first kappa shape index (κ1) is 9.25. The molecule has 0 radical (unpaired) electrons. The van der Waals surface area contributed by atoms with Crippen molar-refractivity contribution in [1.29, 1.82) is 0 Å². The lowest BCUT2D eigenvalue weighted by Crippen LogP contribution is -2.25. The number of hydrogen-bond donors (Lipinski definition) is 1. The highest BCUT2D eigenvalue weighted by atomic mass is 16.4. The molecule has 0 bridgehead atoms. The van der Waals surface area contributed by atoms with Crippen LogP contribution < -0.4 is 0 Å². The minimum Gasteiger partial charge on any atom is -0.481 e. The fraction of sp³-hybridized carbons (Fsp3) is 0.417. The molecule has 2 rings (SSSR count). The summed E-state index contributed by atoms with van der Waals surface area (Å²) >= 11 is 0. The zero-order valence-corrected chi connectivity index (χ0v) is 7.97. The Morgan fingerprint density at radius 1 is 1.21 bits per heavy atom. The predicted octanol–water partition coefficient (Wildman–Crippen LogP) is 2.40. The largest absolute Gasteiger partial charge is 0.481 e. The van der Waals surface area contributed by atoms with E-state index in [1.165, 1.54) is 0 Å². The molecule has 0 spiro atoms. The Labute approximate surface area is 83.6 Å². The van der Waals surface area contributed by atoms with Crippen LogP contribution >= 0.6 is 0 Å². The summed E-state index contributed by atoms with van der Waals surface area (Å²) in [7, 11) is 0. The van der Waals surface area contributed by atoms with Crippen LogP contribution in [0.15, 0.2) is 36.5 Å². The van der Waals surface area contributed by atoms with Gasteiger partial charge >= 0.3 is 5.97 Å².